The molecule has 0 amide bonds. The van der Waals surface area contributed by atoms with Crippen molar-refractivity contribution in [1.29, 1.82) is 0 Å². The van der Waals surface area contributed by atoms with Gasteiger partial charge in [-0.2, -0.15) is 0 Å². The third-order valence-electron chi connectivity index (χ3n) is 2.94. The number of hydrogen-bond acceptors (Lipinski definition) is 2. The Morgan fingerprint density at radius 3 is 2.53 bits per heavy atom. The molecule has 3 rings (SSSR count). The Morgan fingerprint density at radius 1 is 1.11 bits per heavy atom. The van der Waals surface area contributed by atoms with Gasteiger partial charge in [-0.05, 0) is 23.8 Å². The van der Waals surface area contributed by atoms with Crippen molar-refractivity contribution in [3.05, 3.63) is 58.6 Å². The highest BCUT2D eigenvalue weighted by atomic mass is 35.5. The number of aliphatic imine (C=N–C) groups is 1. The van der Waals surface area contributed by atoms with Crippen LogP contribution in [0.1, 0.15) is 5.56 Å². The van der Waals surface area contributed by atoms with Crippen LogP contribution in [0.3, 0.4) is 0 Å². The predicted octanol–water partition coefficient (Wildman–Crippen LogP) is 4.30. The van der Waals surface area contributed by atoms with Gasteiger partial charge in [0.05, 0.1) is 18.6 Å². The van der Waals surface area contributed by atoms with Crippen LogP contribution in [0.25, 0.3) is 0 Å². The second-order valence-corrected chi connectivity index (χ2v) is 4.66. The first-order chi connectivity index (χ1) is 9.15. The number of hydrogen-bond donors (Lipinski definition) is 0. The maximum atomic E-state index is 13.8. The Hall–Kier alpha value is -1.94. The number of rotatable bonds is 1. The summed E-state index contributed by atoms with van der Waals surface area (Å²) in [7, 11) is 0. The van der Waals surface area contributed by atoms with Crippen LogP contribution in [-0.4, -0.2) is 6.34 Å². The van der Waals surface area contributed by atoms with Crippen molar-refractivity contribution in [3.8, 4) is 0 Å². The molecule has 0 unspecified atom stereocenters. The Bertz CT molecular complexity index is 647. The van der Waals surface area contributed by atoms with Gasteiger partial charge in [0.2, 0.25) is 0 Å². The molecule has 0 bridgehead atoms. The van der Waals surface area contributed by atoms with Gasteiger partial charge >= 0.3 is 0 Å². The normalized spacial score (nSPS) is 13.5. The summed E-state index contributed by atoms with van der Waals surface area (Å²) < 4.78 is 27.7. The van der Waals surface area contributed by atoms with Crippen LogP contribution < -0.4 is 4.90 Å². The second-order valence-electron chi connectivity index (χ2n) is 4.22. The average molecular weight is 279 g/mol. The van der Waals surface area contributed by atoms with E-state index in [0.29, 0.717) is 6.54 Å². The van der Waals surface area contributed by atoms with Crippen LogP contribution >= 0.6 is 11.6 Å². The molecule has 2 aromatic rings. The number of para-hydroxylation sites is 1. The summed E-state index contributed by atoms with van der Waals surface area (Å²) in [5, 5.41) is 0.0353. The second kappa shape index (κ2) is 4.63. The van der Waals surface area contributed by atoms with Gasteiger partial charge in [-0.25, -0.2) is 13.8 Å². The summed E-state index contributed by atoms with van der Waals surface area (Å²) in [6.07, 6.45) is 1.43. The standard InChI is InChI=1S/C14H9ClF2N2/c15-10-5-11(16)14(12(17)6-10)19-7-9-3-1-2-4-13(9)18-8-19/h1-6,8H,7H2. The Labute approximate surface area is 114 Å². The molecule has 0 saturated carbocycles. The molecular formula is C14H9ClF2N2. The van der Waals surface area contributed by atoms with E-state index >= 15 is 0 Å². The summed E-state index contributed by atoms with van der Waals surface area (Å²) in [5.41, 5.74) is 1.59. The van der Waals surface area contributed by atoms with Gasteiger partial charge in [-0.15, -0.1) is 0 Å². The highest BCUT2D eigenvalue weighted by molar-refractivity contribution is 6.30. The van der Waals surface area contributed by atoms with Crippen molar-refractivity contribution >= 4 is 29.3 Å². The van der Waals surface area contributed by atoms with Crippen molar-refractivity contribution in [2.24, 2.45) is 4.99 Å². The highest BCUT2D eigenvalue weighted by Crippen LogP contribution is 2.31. The van der Waals surface area contributed by atoms with E-state index in [4.69, 9.17) is 11.6 Å². The third-order valence-corrected chi connectivity index (χ3v) is 3.16. The van der Waals surface area contributed by atoms with Gasteiger partial charge in [0.15, 0.2) is 11.6 Å². The lowest BCUT2D eigenvalue weighted by Gasteiger charge is -2.25. The molecule has 1 heterocycles. The molecule has 2 nitrogen and oxygen atoms in total. The van der Waals surface area contributed by atoms with E-state index in [-0.39, 0.29) is 10.7 Å². The quantitative estimate of drug-likeness (QED) is 0.759. The van der Waals surface area contributed by atoms with E-state index < -0.39 is 11.6 Å². The van der Waals surface area contributed by atoms with Crippen LogP contribution in [0.4, 0.5) is 20.2 Å². The van der Waals surface area contributed by atoms with E-state index in [0.717, 1.165) is 23.4 Å². The summed E-state index contributed by atoms with van der Waals surface area (Å²) in [4.78, 5) is 5.62. The fourth-order valence-corrected chi connectivity index (χ4v) is 2.26. The van der Waals surface area contributed by atoms with E-state index in [2.05, 4.69) is 4.99 Å². The van der Waals surface area contributed by atoms with Gasteiger partial charge in [0, 0.05) is 5.02 Å². The summed E-state index contributed by atoms with van der Waals surface area (Å²) in [6, 6.07) is 9.66. The molecule has 0 spiro atoms. The van der Waals surface area contributed by atoms with Crippen molar-refractivity contribution < 1.29 is 8.78 Å². The smallest absolute Gasteiger partial charge is 0.151 e. The van der Waals surface area contributed by atoms with E-state index in [9.17, 15) is 8.78 Å². The maximum Gasteiger partial charge on any atom is 0.151 e. The summed E-state index contributed by atoms with van der Waals surface area (Å²) in [6.45, 7) is 0.370. The van der Waals surface area contributed by atoms with Crippen molar-refractivity contribution in [3.63, 3.8) is 0 Å². The minimum atomic E-state index is -0.698. The zero-order chi connectivity index (χ0) is 13.4. The highest BCUT2D eigenvalue weighted by Gasteiger charge is 2.20. The van der Waals surface area contributed by atoms with Gasteiger partial charge < -0.3 is 4.90 Å². The Morgan fingerprint density at radius 2 is 1.79 bits per heavy atom. The first kappa shape index (κ1) is 12.1. The molecule has 1 aliphatic heterocycles. The van der Waals surface area contributed by atoms with Gasteiger partial charge in [-0.3, -0.25) is 0 Å². The van der Waals surface area contributed by atoms with Crippen LogP contribution in [-0.2, 0) is 6.54 Å². The van der Waals surface area contributed by atoms with Crippen molar-refractivity contribution in [1.82, 2.24) is 0 Å². The van der Waals surface area contributed by atoms with Crippen LogP contribution in [0, 0.1) is 11.6 Å². The Kier molecular flexibility index (Phi) is 2.95. The van der Waals surface area contributed by atoms with Crippen LogP contribution in [0.5, 0.6) is 0 Å². The molecule has 0 radical (unpaired) electrons. The molecule has 0 atom stereocenters. The molecule has 5 heteroatoms. The van der Waals surface area contributed by atoms with Crippen molar-refractivity contribution in [2.45, 2.75) is 6.54 Å². The van der Waals surface area contributed by atoms with Gasteiger partial charge in [0.25, 0.3) is 0 Å². The fourth-order valence-electron chi connectivity index (χ4n) is 2.07. The fraction of sp³-hybridized carbons (Fsp3) is 0.0714. The average Bonchev–Trinajstić information content (AvgIpc) is 2.37. The number of halogens is 3. The lowest BCUT2D eigenvalue weighted by atomic mass is 10.1. The molecule has 0 saturated heterocycles. The molecule has 19 heavy (non-hydrogen) atoms. The number of nitrogens with zero attached hydrogens (tertiary/aromatic N) is 2. The minimum absolute atomic E-state index is 0.0353. The van der Waals surface area contributed by atoms with Crippen molar-refractivity contribution in [2.75, 3.05) is 4.90 Å². The van der Waals surface area contributed by atoms with E-state index in [1.165, 1.54) is 11.2 Å². The zero-order valence-corrected chi connectivity index (χ0v) is 10.5. The first-order valence-corrected chi connectivity index (χ1v) is 6.06. The number of anilines is 1. The molecule has 2 aromatic carbocycles. The molecule has 0 N–H and O–H groups in total. The molecule has 0 fully saturated rings. The van der Waals surface area contributed by atoms with E-state index in [1.54, 1.807) is 0 Å². The molecular weight excluding hydrogens is 270 g/mol. The molecule has 1 aliphatic rings. The molecule has 0 aliphatic carbocycles. The van der Waals surface area contributed by atoms with Gasteiger partial charge in [0.1, 0.15) is 5.69 Å². The lowest BCUT2D eigenvalue weighted by Crippen LogP contribution is -2.25. The monoisotopic (exact) mass is 278 g/mol. The maximum absolute atomic E-state index is 13.8. The molecule has 96 valence electrons. The number of fused-ring (bicyclic) bond motifs is 1. The first-order valence-electron chi connectivity index (χ1n) is 5.68. The molecule has 0 aromatic heterocycles. The van der Waals surface area contributed by atoms with Crippen LogP contribution in [0.15, 0.2) is 41.4 Å². The van der Waals surface area contributed by atoms with E-state index in [1.807, 2.05) is 24.3 Å². The summed E-state index contributed by atoms with van der Waals surface area (Å²) in [5.74, 6) is -1.40. The Balaban J connectivity index is 2.03. The number of benzene rings is 2. The zero-order valence-electron chi connectivity index (χ0n) is 9.78. The minimum Gasteiger partial charge on any atom is -0.323 e. The van der Waals surface area contributed by atoms with Crippen LogP contribution in [0.2, 0.25) is 5.02 Å². The lowest BCUT2D eigenvalue weighted by molar-refractivity contribution is 0.582. The van der Waals surface area contributed by atoms with Gasteiger partial charge in [-0.1, -0.05) is 29.8 Å². The third kappa shape index (κ3) is 2.19. The largest absolute Gasteiger partial charge is 0.323 e. The topological polar surface area (TPSA) is 15.6 Å². The summed E-state index contributed by atoms with van der Waals surface area (Å²) >= 11 is 5.61. The SMILES string of the molecule is Fc1cc(Cl)cc(F)c1N1C=Nc2ccccc2C1. The predicted molar refractivity (Wildman–Crippen MR) is 72.1 cm³/mol.